The zero-order valence-corrected chi connectivity index (χ0v) is 40.1. The molecule has 0 aliphatic carbocycles. The minimum absolute atomic E-state index is 0.307. The number of hydrogen-bond acceptors (Lipinski definition) is 7. The van der Waals surface area contributed by atoms with Crippen LogP contribution in [0.3, 0.4) is 0 Å². The van der Waals surface area contributed by atoms with E-state index >= 15 is 0 Å². The summed E-state index contributed by atoms with van der Waals surface area (Å²) in [6.07, 6.45) is 11.3. The molecule has 0 spiro atoms. The van der Waals surface area contributed by atoms with Crippen LogP contribution in [0.4, 0.5) is 0 Å². The summed E-state index contributed by atoms with van der Waals surface area (Å²) in [5.41, 5.74) is 7.32. The van der Waals surface area contributed by atoms with Crippen molar-refractivity contribution in [3.05, 3.63) is 108 Å². The van der Waals surface area contributed by atoms with E-state index in [4.69, 9.17) is 9.88 Å². The first-order valence-electron chi connectivity index (χ1n) is 22.7. The van der Waals surface area contributed by atoms with Crippen LogP contribution in [0, 0.1) is 0 Å². The van der Waals surface area contributed by atoms with Gasteiger partial charge in [0.05, 0.1) is 6.61 Å². The molecule has 6 aromatic rings. The fourth-order valence-corrected chi connectivity index (χ4v) is 13.2. The molecule has 3 aromatic carbocycles. The number of aromatic nitrogens is 3. The number of nitrogens with two attached hydrogens (primary N) is 1. The van der Waals surface area contributed by atoms with Gasteiger partial charge in [-0.3, -0.25) is 0 Å². The highest BCUT2D eigenvalue weighted by molar-refractivity contribution is 7.87. The van der Waals surface area contributed by atoms with E-state index in [1.807, 2.05) is 50.4 Å². The first-order valence-corrected chi connectivity index (χ1v) is 27.0. The van der Waals surface area contributed by atoms with E-state index in [0.29, 0.717) is 83.3 Å². The van der Waals surface area contributed by atoms with Crippen LogP contribution in [0.15, 0.2) is 91.4 Å². The number of nitrogens with zero attached hydrogens (tertiary/aromatic N) is 4. The molecule has 0 atom stereocenters. The Balaban J connectivity index is 0.000000146. The van der Waals surface area contributed by atoms with Crippen LogP contribution >= 0.6 is 0 Å². The summed E-state index contributed by atoms with van der Waals surface area (Å²) < 4.78 is 85.8. The Bertz CT molecular complexity index is 2800. The molecule has 3 aliphatic rings. The highest BCUT2D eigenvalue weighted by Gasteiger charge is 2.33. The Morgan fingerprint density at radius 1 is 0.585 bits per heavy atom. The Hall–Kier alpha value is -4.15. The van der Waals surface area contributed by atoms with Gasteiger partial charge in [-0.15, -0.1) is 0 Å². The summed E-state index contributed by atoms with van der Waals surface area (Å²) in [7, 11) is -8.67. The number of piperidine rings is 3. The molecule has 6 heterocycles. The van der Waals surface area contributed by atoms with E-state index in [2.05, 4.69) is 74.5 Å². The molecule has 0 bridgehead atoms. The number of methoxy groups -OCH3 is 1. The summed E-state index contributed by atoms with van der Waals surface area (Å²) >= 11 is 0. The van der Waals surface area contributed by atoms with Crippen molar-refractivity contribution in [2.24, 2.45) is 5.14 Å². The third kappa shape index (κ3) is 11.5. The van der Waals surface area contributed by atoms with Crippen LogP contribution < -0.4 is 9.86 Å². The molecule has 6 N–H and O–H groups in total. The summed E-state index contributed by atoms with van der Waals surface area (Å²) in [5.74, 6) is 1.22. The molecule has 0 amide bonds. The van der Waals surface area contributed by atoms with Gasteiger partial charge >= 0.3 is 0 Å². The van der Waals surface area contributed by atoms with Gasteiger partial charge in [0.1, 0.15) is 0 Å². The van der Waals surface area contributed by atoms with Crippen LogP contribution in [-0.2, 0) is 35.4 Å². The van der Waals surface area contributed by atoms with Crippen molar-refractivity contribution in [2.45, 2.75) is 70.1 Å². The van der Waals surface area contributed by atoms with Gasteiger partial charge in [-0.25, -0.2) is 5.14 Å². The largest absolute Gasteiger partial charge is 0.383 e. The van der Waals surface area contributed by atoms with Gasteiger partial charge in [-0.2, -0.15) is 47.2 Å². The van der Waals surface area contributed by atoms with Crippen LogP contribution in [0.2, 0.25) is 0 Å². The maximum absolute atomic E-state index is 12.6. The van der Waals surface area contributed by atoms with Gasteiger partial charge in [-0.05, 0) is 91.2 Å². The second kappa shape index (κ2) is 21.6. The second-order valence-electron chi connectivity index (χ2n) is 16.9. The number of ether oxygens (including phenoxy) is 1. The lowest BCUT2D eigenvalue weighted by Gasteiger charge is -2.34. The summed E-state index contributed by atoms with van der Waals surface area (Å²) in [5, 5.41) is 8.89. The van der Waals surface area contributed by atoms with Crippen molar-refractivity contribution in [1.29, 1.82) is 0 Å². The van der Waals surface area contributed by atoms with Crippen molar-refractivity contribution in [2.75, 3.05) is 72.6 Å². The Morgan fingerprint density at radius 2 is 0.938 bits per heavy atom. The predicted molar refractivity (Wildman–Crippen MR) is 259 cm³/mol. The number of H-pyrrole nitrogens is 3. The molecule has 16 nitrogen and oxygen atoms in total. The van der Waals surface area contributed by atoms with Gasteiger partial charge in [0.15, 0.2) is 0 Å². The normalized spacial score (nSPS) is 18.2. The summed E-state index contributed by atoms with van der Waals surface area (Å²) in [4.78, 5) is 9.90. The molecule has 0 unspecified atom stereocenters. The smallest absolute Gasteiger partial charge is 0.281 e. The molecular formula is C46H65N9O7S3. The number of nitrogens with one attached hydrogen (secondary N) is 4. The molecular weight excluding hydrogens is 887 g/mol. The summed E-state index contributed by atoms with van der Waals surface area (Å²) in [6.45, 7) is 8.82. The number of aromatic amines is 3. The van der Waals surface area contributed by atoms with E-state index in [1.165, 1.54) is 41.5 Å². The minimum atomic E-state index is -3.54. The molecule has 354 valence electrons. The lowest BCUT2D eigenvalue weighted by Crippen LogP contribution is -2.46. The third-order valence-corrected chi connectivity index (χ3v) is 18.1. The fraction of sp³-hybridized carbons (Fsp3) is 0.478. The van der Waals surface area contributed by atoms with Crippen molar-refractivity contribution >= 4 is 63.3 Å². The second-order valence-corrected chi connectivity index (χ2v) is 22.1. The molecule has 65 heavy (non-hydrogen) atoms. The van der Waals surface area contributed by atoms with Crippen molar-refractivity contribution < 1.29 is 30.0 Å². The third-order valence-electron chi connectivity index (χ3n) is 13.2. The average molecular weight is 952 g/mol. The molecule has 3 saturated heterocycles. The van der Waals surface area contributed by atoms with E-state index < -0.39 is 30.6 Å². The van der Waals surface area contributed by atoms with Crippen molar-refractivity contribution in [3.8, 4) is 0 Å². The van der Waals surface area contributed by atoms with Crippen molar-refractivity contribution in [3.63, 3.8) is 0 Å². The molecule has 3 aromatic heterocycles. The van der Waals surface area contributed by atoms with Gasteiger partial charge in [0, 0.05) is 117 Å². The SMILES string of the molecule is CCN(CC)S(=O)(=O)N1CCC(c2c[nH]c3ccccc23)CC1.COCCNS(=O)(=O)N1CCC(c2c[nH]c3ccccc23)CC1.NS(=O)(=O)N1CCC(c2c[nH]c3ccccc23)CC1. The first-order chi connectivity index (χ1) is 31.2. The number of hydrogen-bond donors (Lipinski definition) is 5. The first kappa shape index (κ1) is 48.8. The maximum atomic E-state index is 12.6. The molecule has 3 fully saturated rings. The number of benzene rings is 3. The number of rotatable bonds is 13. The van der Waals surface area contributed by atoms with E-state index in [9.17, 15) is 25.3 Å². The molecule has 0 saturated carbocycles. The zero-order chi connectivity index (χ0) is 46.2. The zero-order valence-electron chi connectivity index (χ0n) is 37.7. The van der Waals surface area contributed by atoms with Crippen molar-refractivity contribution in [1.82, 2.24) is 36.9 Å². The van der Waals surface area contributed by atoms with E-state index in [1.54, 1.807) is 15.7 Å². The predicted octanol–water partition coefficient (Wildman–Crippen LogP) is 6.31. The molecule has 3 aliphatic heterocycles. The quantitative estimate of drug-likeness (QED) is 0.0833. The van der Waals surface area contributed by atoms with Gasteiger partial charge < -0.3 is 19.7 Å². The van der Waals surface area contributed by atoms with Gasteiger partial charge in [-0.1, -0.05) is 68.4 Å². The molecule has 9 rings (SSSR count). The number of para-hydroxylation sites is 3. The standard InChI is InChI=1S/C17H25N3O2S.C16H23N3O3S.C13H17N3O2S/c1-3-19(4-2)23(21,22)20-11-9-14(10-12-20)16-13-18-17-8-6-5-7-15(16)17;1-22-11-8-18-23(20,21)19-9-6-13(7-10-19)15-12-17-16-5-3-2-4-14(15)16;14-19(17,18)16-7-5-10(6-8-16)12-9-15-13-4-2-1-3-11(12)13/h5-8,13-14,18H,3-4,9-12H2,1-2H3;2-5,12-13,17-18H,6-11H2,1H3;1-4,9-10,15H,5-8H2,(H2,14,17,18). The lowest BCUT2D eigenvalue weighted by molar-refractivity contribution is 0.203. The van der Waals surface area contributed by atoms with E-state index in [0.717, 1.165) is 55.1 Å². The van der Waals surface area contributed by atoms with Gasteiger partial charge in [0.25, 0.3) is 30.6 Å². The Morgan fingerprint density at radius 3 is 1.29 bits per heavy atom. The monoisotopic (exact) mass is 951 g/mol. The molecule has 19 heteroatoms. The van der Waals surface area contributed by atoms with Crippen LogP contribution in [0.1, 0.15) is 86.8 Å². The maximum Gasteiger partial charge on any atom is 0.281 e. The number of fused-ring (bicyclic) bond motifs is 3. The Kier molecular flexibility index (Phi) is 16.2. The van der Waals surface area contributed by atoms with Crippen LogP contribution in [0.5, 0.6) is 0 Å². The Labute approximate surface area is 384 Å². The minimum Gasteiger partial charge on any atom is -0.383 e. The van der Waals surface area contributed by atoms with E-state index in [-0.39, 0.29) is 0 Å². The van der Waals surface area contributed by atoms with Gasteiger partial charge in [0.2, 0.25) is 0 Å². The molecule has 0 radical (unpaired) electrons. The highest BCUT2D eigenvalue weighted by atomic mass is 32.2. The summed E-state index contributed by atoms with van der Waals surface area (Å²) in [6, 6.07) is 24.7. The van der Waals surface area contributed by atoms with Crippen LogP contribution in [0.25, 0.3) is 32.7 Å². The average Bonchev–Trinajstić information content (AvgIpc) is 4.07. The topological polar surface area (TPSA) is 210 Å². The highest BCUT2D eigenvalue weighted by Crippen LogP contribution is 2.36. The fourth-order valence-electron chi connectivity index (χ4n) is 9.60. The van der Waals surface area contributed by atoms with Crippen LogP contribution in [-0.4, -0.2) is 130 Å². The lowest BCUT2D eigenvalue weighted by atomic mass is 9.90.